The van der Waals surface area contributed by atoms with E-state index in [4.69, 9.17) is 5.11 Å². The van der Waals surface area contributed by atoms with Crippen LogP contribution in [-0.4, -0.2) is 35.2 Å². The number of benzene rings is 1. The van der Waals surface area contributed by atoms with Gasteiger partial charge in [-0.05, 0) is 24.8 Å². The third-order valence-electron chi connectivity index (χ3n) is 4.29. The smallest absolute Gasteiger partial charge is 0.407 e. The maximum Gasteiger partial charge on any atom is 0.407 e. The van der Waals surface area contributed by atoms with Gasteiger partial charge in [-0.25, -0.2) is 4.79 Å². The number of likely N-dealkylation sites (tertiary alicyclic amines) is 1. The molecule has 1 aliphatic heterocycles. The van der Waals surface area contributed by atoms with Crippen molar-refractivity contribution in [2.24, 2.45) is 5.92 Å². The number of hydrogen-bond donors (Lipinski definition) is 2. The SMILES string of the molecule is CCC1CN(C(=O)O)CCC1N[C@@H](C)c1ccccc1. The van der Waals surface area contributed by atoms with E-state index in [9.17, 15) is 4.79 Å². The van der Waals surface area contributed by atoms with E-state index < -0.39 is 6.09 Å². The Hall–Kier alpha value is -1.55. The van der Waals surface area contributed by atoms with Crippen LogP contribution in [0.1, 0.15) is 38.3 Å². The Bertz CT molecular complexity index is 435. The summed E-state index contributed by atoms with van der Waals surface area (Å²) in [6.45, 7) is 5.58. The van der Waals surface area contributed by atoms with E-state index in [1.165, 1.54) is 5.56 Å². The fourth-order valence-corrected chi connectivity index (χ4v) is 3.00. The number of carbonyl (C=O) groups is 1. The summed E-state index contributed by atoms with van der Waals surface area (Å²) < 4.78 is 0. The molecule has 1 aromatic rings. The molecule has 1 heterocycles. The predicted octanol–water partition coefficient (Wildman–Crippen LogP) is 3.12. The lowest BCUT2D eigenvalue weighted by Gasteiger charge is -2.38. The van der Waals surface area contributed by atoms with Crippen molar-refractivity contribution in [3.8, 4) is 0 Å². The molecule has 1 amide bonds. The molecule has 1 aromatic carbocycles. The second kappa shape index (κ2) is 6.75. The first kappa shape index (κ1) is 14.9. The second-order valence-electron chi connectivity index (χ2n) is 5.59. The highest BCUT2D eigenvalue weighted by Gasteiger charge is 2.30. The first-order valence-electron chi connectivity index (χ1n) is 7.40. The van der Waals surface area contributed by atoms with Gasteiger partial charge in [-0.2, -0.15) is 0 Å². The molecule has 0 aliphatic carbocycles. The average Bonchev–Trinajstić information content (AvgIpc) is 2.48. The van der Waals surface area contributed by atoms with E-state index >= 15 is 0 Å². The van der Waals surface area contributed by atoms with E-state index in [-0.39, 0.29) is 0 Å². The van der Waals surface area contributed by atoms with Crippen LogP contribution in [-0.2, 0) is 0 Å². The van der Waals surface area contributed by atoms with Crippen molar-refractivity contribution < 1.29 is 9.90 Å². The summed E-state index contributed by atoms with van der Waals surface area (Å²) in [5.41, 5.74) is 1.28. The Morgan fingerprint density at radius 2 is 2.15 bits per heavy atom. The lowest BCUT2D eigenvalue weighted by Crippen LogP contribution is -2.51. The quantitative estimate of drug-likeness (QED) is 0.888. The van der Waals surface area contributed by atoms with Gasteiger partial charge in [0.25, 0.3) is 0 Å². The minimum absolute atomic E-state index is 0.298. The van der Waals surface area contributed by atoms with Gasteiger partial charge in [0.1, 0.15) is 0 Å². The normalized spacial score (nSPS) is 24.4. The maximum absolute atomic E-state index is 11.1. The monoisotopic (exact) mass is 276 g/mol. The molecule has 0 spiro atoms. The van der Waals surface area contributed by atoms with Crippen LogP contribution >= 0.6 is 0 Å². The Morgan fingerprint density at radius 3 is 2.75 bits per heavy atom. The predicted molar refractivity (Wildman–Crippen MR) is 79.8 cm³/mol. The molecule has 1 saturated heterocycles. The van der Waals surface area contributed by atoms with Crippen LogP contribution in [0.2, 0.25) is 0 Å². The van der Waals surface area contributed by atoms with Crippen molar-refractivity contribution in [1.82, 2.24) is 10.2 Å². The summed E-state index contributed by atoms with van der Waals surface area (Å²) in [4.78, 5) is 12.6. The summed E-state index contributed by atoms with van der Waals surface area (Å²) >= 11 is 0. The zero-order valence-electron chi connectivity index (χ0n) is 12.2. The first-order valence-corrected chi connectivity index (χ1v) is 7.40. The number of hydrogen-bond acceptors (Lipinski definition) is 2. The van der Waals surface area contributed by atoms with Crippen LogP contribution in [0.4, 0.5) is 4.79 Å². The Morgan fingerprint density at radius 1 is 1.45 bits per heavy atom. The molecular formula is C16H24N2O2. The summed E-state index contributed by atoms with van der Waals surface area (Å²) in [6.07, 6.45) is 1.10. The average molecular weight is 276 g/mol. The highest BCUT2D eigenvalue weighted by molar-refractivity contribution is 5.65. The topological polar surface area (TPSA) is 52.6 Å². The van der Waals surface area contributed by atoms with E-state index in [0.29, 0.717) is 31.1 Å². The van der Waals surface area contributed by atoms with Gasteiger partial charge in [0, 0.05) is 25.2 Å². The molecule has 20 heavy (non-hydrogen) atoms. The molecule has 4 nitrogen and oxygen atoms in total. The lowest BCUT2D eigenvalue weighted by molar-refractivity contribution is 0.102. The lowest BCUT2D eigenvalue weighted by atomic mass is 9.89. The van der Waals surface area contributed by atoms with Crippen molar-refractivity contribution in [3.05, 3.63) is 35.9 Å². The van der Waals surface area contributed by atoms with Crippen LogP contribution in [0.15, 0.2) is 30.3 Å². The van der Waals surface area contributed by atoms with E-state index in [0.717, 1.165) is 12.8 Å². The minimum atomic E-state index is -0.794. The van der Waals surface area contributed by atoms with Crippen molar-refractivity contribution in [3.63, 3.8) is 0 Å². The highest BCUT2D eigenvalue weighted by Crippen LogP contribution is 2.23. The molecule has 110 valence electrons. The summed E-state index contributed by atoms with van der Waals surface area (Å²) in [5.74, 6) is 0.394. The summed E-state index contributed by atoms with van der Waals surface area (Å²) in [5, 5.41) is 12.8. The number of carboxylic acid groups (broad SMARTS) is 1. The van der Waals surface area contributed by atoms with Gasteiger partial charge in [0.2, 0.25) is 0 Å². The van der Waals surface area contributed by atoms with Crippen molar-refractivity contribution in [1.29, 1.82) is 0 Å². The zero-order valence-corrected chi connectivity index (χ0v) is 12.2. The van der Waals surface area contributed by atoms with Gasteiger partial charge in [-0.1, -0.05) is 43.7 Å². The van der Waals surface area contributed by atoms with Crippen LogP contribution in [0.3, 0.4) is 0 Å². The number of piperidine rings is 1. The van der Waals surface area contributed by atoms with Crippen LogP contribution in [0.25, 0.3) is 0 Å². The molecule has 0 radical (unpaired) electrons. The molecule has 1 fully saturated rings. The van der Waals surface area contributed by atoms with Crippen molar-refractivity contribution in [2.45, 2.75) is 38.8 Å². The van der Waals surface area contributed by atoms with E-state index in [1.54, 1.807) is 4.90 Å². The van der Waals surface area contributed by atoms with Gasteiger partial charge < -0.3 is 15.3 Å². The minimum Gasteiger partial charge on any atom is -0.465 e. The van der Waals surface area contributed by atoms with E-state index in [2.05, 4.69) is 43.4 Å². The molecule has 0 aromatic heterocycles. The molecule has 4 heteroatoms. The Kier molecular flexibility index (Phi) is 5.01. The van der Waals surface area contributed by atoms with Gasteiger partial charge in [0.05, 0.1) is 0 Å². The zero-order chi connectivity index (χ0) is 14.5. The third kappa shape index (κ3) is 3.51. The molecule has 0 bridgehead atoms. The second-order valence-corrected chi connectivity index (χ2v) is 5.59. The third-order valence-corrected chi connectivity index (χ3v) is 4.29. The van der Waals surface area contributed by atoms with E-state index in [1.807, 2.05) is 6.07 Å². The van der Waals surface area contributed by atoms with Gasteiger partial charge >= 0.3 is 6.09 Å². The Labute approximate surface area is 120 Å². The number of nitrogens with zero attached hydrogens (tertiary/aromatic N) is 1. The van der Waals surface area contributed by atoms with Gasteiger partial charge in [-0.15, -0.1) is 0 Å². The molecule has 0 saturated carbocycles. The maximum atomic E-state index is 11.1. The van der Waals surface area contributed by atoms with Gasteiger partial charge in [0.15, 0.2) is 0 Å². The van der Waals surface area contributed by atoms with Gasteiger partial charge in [-0.3, -0.25) is 0 Å². The molecule has 2 N–H and O–H groups in total. The fourth-order valence-electron chi connectivity index (χ4n) is 3.00. The number of rotatable bonds is 4. The fraction of sp³-hybridized carbons (Fsp3) is 0.562. The largest absolute Gasteiger partial charge is 0.465 e. The standard InChI is InChI=1S/C16H24N2O2/c1-3-13-11-18(16(19)20)10-9-15(13)17-12(2)14-7-5-4-6-8-14/h4-8,12-13,15,17H,3,9-11H2,1-2H3,(H,19,20)/t12-,13?,15?/m0/s1. The molecular weight excluding hydrogens is 252 g/mol. The summed E-state index contributed by atoms with van der Waals surface area (Å²) in [7, 11) is 0. The first-order chi connectivity index (χ1) is 9.61. The number of nitrogens with one attached hydrogen (secondary N) is 1. The Balaban J connectivity index is 1.97. The van der Waals surface area contributed by atoms with Crippen LogP contribution in [0, 0.1) is 5.92 Å². The number of amides is 1. The van der Waals surface area contributed by atoms with Crippen LogP contribution < -0.4 is 5.32 Å². The molecule has 2 rings (SSSR count). The highest BCUT2D eigenvalue weighted by atomic mass is 16.4. The molecule has 2 unspecified atom stereocenters. The molecule has 3 atom stereocenters. The van der Waals surface area contributed by atoms with Crippen molar-refractivity contribution in [2.75, 3.05) is 13.1 Å². The van der Waals surface area contributed by atoms with Crippen molar-refractivity contribution >= 4 is 6.09 Å². The van der Waals surface area contributed by atoms with Crippen LogP contribution in [0.5, 0.6) is 0 Å². The summed E-state index contributed by atoms with van der Waals surface area (Å²) in [6, 6.07) is 11.1. The molecule has 1 aliphatic rings.